The van der Waals surface area contributed by atoms with Crippen molar-refractivity contribution in [3.05, 3.63) is 72.8 Å². The molecular weight excluding hydrogens is 444 g/mol. The number of ether oxygens (including phenoxy) is 3. The van der Waals surface area contributed by atoms with Crippen LogP contribution in [0.5, 0.6) is 17.2 Å². The average molecular weight is 471 g/mol. The van der Waals surface area contributed by atoms with Crippen LogP contribution in [0.3, 0.4) is 0 Å². The maximum absolute atomic E-state index is 12.6. The van der Waals surface area contributed by atoms with E-state index in [0.717, 1.165) is 0 Å². The highest BCUT2D eigenvalue weighted by atomic mass is 32.2. The largest absolute Gasteiger partial charge is 0.494 e. The van der Waals surface area contributed by atoms with E-state index >= 15 is 0 Å². The van der Waals surface area contributed by atoms with E-state index in [1.165, 1.54) is 24.3 Å². The molecule has 2 N–H and O–H groups in total. The molecule has 9 heteroatoms. The molecule has 3 rings (SSSR count). The Morgan fingerprint density at radius 3 is 2.06 bits per heavy atom. The van der Waals surface area contributed by atoms with E-state index in [1.54, 1.807) is 42.5 Å². The molecule has 1 amide bonds. The number of sulfonamides is 1. The number of amides is 1. The summed E-state index contributed by atoms with van der Waals surface area (Å²) in [5, 5.41) is 2.74. The fourth-order valence-electron chi connectivity index (χ4n) is 2.90. The third kappa shape index (κ3) is 6.88. The van der Waals surface area contributed by atoms with Crippen LogP contribution in [-0.2, 0) is 14.8 Å². The minimum atomic E-state index is -3.78. The van der Waals surface area contributed by atoms with Crippen molar-refractivity contribution in [3.63, 3.8) is 0 Å². The average Bonchev–Trinajstić information content (AvgIpc) is 2.81. The Balaban J connectivity index is 1.56. The lowest BCUT2D eigenvalue weighted by Crippen LogP contribution is -2.20. The van der Waals surface area contributed by atoms with Crippen LogP contribution in [0.25, 0.3) is 0 Å². The molecule has 33 heavy (non-hydrogen) atoms. The van der Waals surface area contributed by atoms with Gasteiger partial charge in [0, 0.05) is 5.69 Å². The topological polar surface area (TPSA) is 103 Å². The lowest BCUT2D eigenvalue weighted by atomic mass is 10.3. The molecule has 0 atom stereocenters. The summed E-state index contributed by atoms with van der Waals surface area (Å²) >= 11 is 0. The summed E-state index contributed by atoms with van der Waals surface area (Å²) in [4.78, 5) is 12.3. The summed E-state index contributed by atoms with van der Waals surface area (Å²) in [6.45, 7) is 4.50. The predicted molar refractivity (Wildman–Crippen MR) is 127 cm³/mol. The van der Waals surface area contributed by atoms with Gasteiger partial charge in [0.05, 0.1) is 23.8 Å². The lowest BCUT2D eigenvalue weighted by Gasteiger charge is -2.12. The van der Waals surface area contributed by atoms with Gasteiger partial charge in [-0.05, 0) is 74.5 Å². The smallest absolute Gasteiger partial charge is 0.262 e. The van der Waals surface area contributed by atoms with E-state index < -0.39 is 10.0 Å². The standard InChI is InChI=1S/C24H26N2O6S/c1-3-30-19-11-9-18(10-12-19)26-33(28,29)21-15-13-20(14-16-21)32-17-24(27)25-22-7-5-6-8-23(22)31-4-2/h5-16,26H,3-4,17H2,1-2H3,(H,25,27). The fourth-order valence-corrected chi connectivity index (χ4v) is 3.96. The van der Waals surface area contributed by atoms with Crippen molar-refractivity contribution in [1.29, 1.82) is 0 Å². The molecule has 0 radical (unpaired) electrons. The summed E-state index contributed by atoms with van der Waals surface area (Å²) in [6.07, 6.45) is 0. The highest BCUT2D eigenvalue weighted by molar-refractivity contribution is 7.92. The molecule has 0 spiro atoms. The molecule has 3 aromatic carbocycles. The Morgan fingerprint density at radius 2 is 1.39 bits per heavy atom. The molecule has 0 aliphatic heterocycles. The van der Waals surface area contributed by atoms with E-state index in [4.69, 9.17) is 14.2 Å². The number of anilines is 2. The number of hydrogen-bond donors (Lipinski definition) is 2. The molecule has 0 bridgehead atoms. The molecule has 0 fully saturated rings. The molecule has 0 aliphatic carbocycles. The Hall–Kier alpha value is -3.72. The minimum Gasteiger partial charge on any atom is -0.494 e. The second-order valence-corrected chi connectivity index (χ2v) is 8.48. The molecule has 0 unspecified atom stereocenters. The maximum Gasteiger partial charge on any atom is 0.262 e. The van der Waals surface area contributed by atoms with Gasteiger partial charge in [0.2, 0.25) is 0 Å². The van der Waals surface area contributed by atoms with Crippen LogP contribution in [0.2, 0.25) is 0 Å². The summed E-state index contributed by atoms with van der Waals surface area (Å²) in [5.74, 6) is 1.23. The van der Waals surface area contributed by atoms with Gasteiger partial charge in [0.1, 0.15) is 17.2 Å². The number of benzene rings is 3. The molecule has 0 saturated heterocycles. The first-order valence-corrected chi connectivity index (χ1v) is 11.9. The first kappa shape index (κ1) is 23.9. The van der Waals surface area contributed by atoms with Crippen LogP contribution in [0.15, 0.2) is 77.7 Å². The van der Waals surface area contributed by atoms with Gasteiger partial charge in [0.25, 0.3) is 15.9 Å². The summed E-state index contributed by atoms with van der Waals surface area (Å²) in [5.41, 5.74) is 0.970. The van der Waals surface area contributed by atoms with Gasteiger partial charge in [-0.1, -0.05) is 12.1 Å². The summed E-state index contributed by atoms with van der Waals surface area (Å²) < 4.78 is 44.1. The number of carbonyl (C=O) groups excluding carboxylic acids is 1. The van der Waals surface area contributed by atoms with Crippen molar-refractivity contribution in [1.82, 2.24) is 0 Å². The Kier molecular flexibility index (Phi) is 8.15. The van der Waals surface area contributed by atoms with Crippen LogP contribution in [-0.4, -0.2) is 34.1 Å². The Bertz CT molecular complexity index is 1160. The van der Waals surface area contributed by atoms with Gasteiger partial charge in [0.15, 0.2) is 6.61 Å². The van der Waals surface area contributed by atoms with Crippen LogP contribution in [0, 0.1) is 0 Å². The van der Waals surface area contributed by atoms with Gasteiger partial charge >= 0.3 is 0 Å². The maximum atomic E-state index is 12.6. The zero-order valence-corrected chi connectivity index (χ0v) is 19.2. The van der Waals surface area contributed by atoms with Crippen molar-refractivity contribution in [3.8, 4) is 17.2 Å². The third-order valence-electron chi connectivity index (χ3n) is 4.38. The van der Waals surface area contributed by atoms with Crippen molar-refractivity contribution in [2.75, 3.05) is 29.9 Å². The molecule has 3 aromatic rings. The van der Waals surface area contributed by atoms with Crippen LogP contribution >= 0.6 is 0 Å². The molecule has 0 aliphatic rings. The monoisotopic (exact) mass is 470 g/mol. The van der Waals surface area contributed by atoms with Crippen LogP contribution < -0.4 is 24.2 Å². The van der Waals surface area contributed by atoms with Gasteiger partial charge in [-0.2, -0.15) is 0 Å². The van der Waals surface area contributed by atoms with Gasteiger partial charge in [-0.15, -0.1) is 0 Å². The molecular formula is C24H26N2O6S. The van der Waals surface area contributed by atoms with Crippen molar-refractivity contribution in [2.45, 2.75) is 18.7 Å². The Labute approximate surface area is 193 Å². The minimum absolute atomic E-state index is 0.0684. The number of carbonyl (C=O) groups is 1. The van der Waals surface area contributed by atoms with E-state index in [-0.39, 0.29) is 17.4 Å². The first-order chi connectivity index (χ1) is 15.9. The summed E-state index contributed by atoms with van der Waals surface area (Å²) in [7, 11) is -3.78. The van der Waals surface area contributed by atoms with E-state index in [9.17, 15) is 13.2 Å². The summed E-state index contributed by atoms with van der Waals surface area (Å²) in [6, 6.07) is 19.6. The van der Waals surface area contributed by atoms with Gasteiger partial charge < -0.3 is 19.5 Å². The number of para-hydroxylation sites is 2. The van der Waals surface area contributed by atoms with Crippen molar-refractivity contribution >= 4 is 27.3 Å². The first-order valence-electron chi connectivity index (χ1n) is 10.4. The van der Waals surface area contributed by atoms with E-state index in [2.05, 4.69) is 10.0 Å². The van der Waals surface area contributed by atoms with Crippen LogP contribution in [0.1, 0.15) is 13.8 Å². The third-order valence-corrected chi connectivity index (χ3v) is 5.78. The lowest BCUT2D eigenvalue weighted by molar-refractivity contribution is -0.118. The highest BCUT2D eigenvalue weighted by Crippen LogP contribution is 2.24. The van der Waals surface area contributed by atoms with Gasteiger partial charge in [-0.3, -0.25) is 9.52 Å². The number of nitrogens with one attached hydrogen (secondary N) is 2. The SMILES string of the molecule is CCOc1ccc(NS(=O)(=O)c2ccc(OCC(=O)Nc3ccccc3OCC)cc2)cc1. The highest BCUT2D eigenvalue weighted by Gasteiger charge is 2.15. The van der Waals surface area contributed by atoms with E-state index in [1.807, 2.05) is 19.9 Å². The zero-order chi connectivity index (χ0) is 23.7. The number of rotatable bonds is 11. The van der Waals surface area contributed by atoms with Crippen molar-refractivity contribution < 1.29 is 27.4 Å². The number of hydrogen-bond acceptors (Lipinski definition) is 6. The van der Waals surface area contributed by atoms with Crippen molar-refractivity contribution in [2.24, 2.45) is 0 Å². The molecule has 0 heterocycles. The second-order valence-electron chi connectivity index (χ2n) is 6.80. The van der Waals surface area contributed by atoms with Gasteiger partial charge in [-0.25, -0.2) is 8.42 Å². The van der Waals surface area contributed by atoms with Crippen LogP contribution in [0.4, 0.5) is 11.4 Å². The quantitative estimate of drug-likeness (QED) is 0.433. The fraction of sp³-hybridized carbons (Fsp3) is 0.208. The second kappa shape index (κ2) is 11.2. The zero-order valence-electron chi connectivity index (χ0n) is 18.4. The molecule has 0 aromatic heterocycles. The normalized spacial score (nSPS) is 10.8. The van der Waals surface area contributed by atoms with E-state index in [0.29, 0.717) is 41.8 Å². The molecule has 174 valence electrons. The Morgan fingerprint density at radius 1 is 0.788 bits per heavy atom. The molecule has 8 nitrogen and oxygen atoms in total. The molecule has 0 saturated carbocycles. The predicted octanol–water partition coefficient (Wildman–Crippen LogP) is 4.30.